The molecule has 0 aromatic heterocycles. The van der Waals surface area contributed by atoms with Gasteiger partial charge in [0.1, 0.15) is 0 Å². The third-order valence-electron chi connectivity index (χ3n) is 3.34. The van der Waals surface area contributed by atoms with Gasteiger partial charge in [0.25, 0.3) is 0 Å². The van der Waals surface area contributed by atoms with Crippen LogP contribution in [0.4, 0.5) is 0 Å². The van der Waals surface area contributed by atoms with Crippen molar-refractivity contribution in [3.05, 3.63) is 0 Å². The van der Waals surface area contributed by atoms with E-state index in [2.05, 4.69) is 0 Å². The number of carboxylic acids is 1. The maximum atomic E-state index is 12.1. The van der Waals surface area contributed by atoms with E-state index in [4.69, 9.17) is 5.11 Å². The molecule has 3 nitrogen and oxygen atoms in total. The quantitative estimate of drug-likeness (QED) is 0.808. The average molecular weight is 232 g/mol. The van der Waals surface area contributed by atoms with Gasteiger partial charge in [-0.25, -0.2) is 0 Å². The number of hydrogen-bond acceptors (Lipinski definition) is 2. The summed E-state index contributed by atoms with van der Waals surface area (Å²) in [5.41, 5.74) is 0. The number of hydrogen-bond donors (Lipinski definition) is 1. The summed E-state index contributed by atoms with van der Waals surface area (Å²) in [6.07, 6.45) is 5.53. The maximum absolute atomic E-state index is 12.1. The largest absolute Gasteiger partial charge is 0.481 e. The summed E-state index contributed by atoms with van der Waals surface area (Å²) in [7, 11) is -0.983. The Labute approximate surface area is 93.7 Å². The summed E-state index contributed by atoms with van der Waals surface area (Å²) < 4.78 is 12.1. The Balaban J connectivity index is 2.54. The van der Waals surface area contributed by atoms with Gasteiger partial charge in [-0.1, -0.05) is 26.2 Å². The van der Waals surface area contributed by atoms with Gasteiger partial charge in [-0.3, -0.25) is 9.00 Å². The normalized spacial score (nSPS) is 24.4. The zero-order valence-corrected chi connectivity index (χ0v) is 10.3. The van der Waals surface area contributed by atoms with Crippen LogP contribution in [0.3, 0.4) is 0 Å². The van der Waals surface area contributed by atoms with Gasteiger partial charge in [0.15, 0.2) is 0 Å². The van der Waals surface area contributed by atoms with E-state index >= 15 is 0 Å². The van der Waals surface area contributed by atoms with Crippen LogP contribution in [0.2, 0.25) is 0 Å². The lowest BCUT2D eigenvalue weighted by Crippen LogP contribution is -2.33. The second-order valence-corrected chi connectivity index (χ2v) is 6.49. The minimum atomic E-state index is -0.983. The first-order valence-electron chi connectivity index (χ1n) is 5.66. The average Bonchev–Trinajstić information content (AvgIpc) is 2.27. The predicted octanol–water partition coefficient (Wildman–Crippen LogP) is 2.18. The van der Waals surface area contributed by atoms with Crippen molar-refractivity contribution in [2.45, 2.75) is 56.5 Å². The monoisotopic (exact) mass is 232 g/mol. The molecule has 0 aliphatic heterocycles. The highest BCUT2D eigenvalue weighted by molar-refractivity contribution is 7.86. The van der Waals surface area contributed by atoms with E-state index in [9.17, 15) is 9.00 Å². The molecule has 15 heavy (non-hydrogen) atoms. The van der Waals surface area contributed by atoms with Crippen molar-refractivity contribution in [3.8, 4) is 0 Å². The highest BCUT2D eigenvalue weighted by Gasteiger charge is 2.30. The zero-order chi connectivity index (χ0) is 11.4. The van der Waals surface area contributed by atoms with Crippen LogP contribution in [0, 0.1) is 5.92 Å². The molecular weight excluding hydrogens is 212 g/mol. The molecule has 0 bridgehead atoms. The van der Waals surface area contributed by atoms with E-state index in [1.165, 1.54) is 6.42 Å². The van der Waals surface area contributed by atoms with Crippen molar-refractivity contribution in [1.29, 1.82) is 0 Å². The molecule has 1 N–H and O–H groups in total. The first-order chi connectivity index (χ1) is 7.04. The second-order valence-electron chi connectivity index (χ2n) is 4.42. The molecular formula is C11H20O3S. The van der Waals surface area contributed by atoms with Gasteiger partial charge in [0.2, 0.25) is 0 Å². The van der Waals surface area contributed by atoms with Gasteiger partial charge < -0.3 is 5.11 Å². The van der Waals surface area contributed by atoms with E-state index in [0.29, 0.717) is 0 Å². The van der Waals surface area contributed by atoms with E-state index < -0.39 is 22.7 Å². The standard InChI is InChI=1S/C11H20O3S/c1-8(11(12)13)9(2)15(14)10-6-4-3-5-7-10/h8-10H,3-7H2,1-2H3,(H,12,13). The predicted molar refractivity (Wildman–Crippen MR) is 61.3 cm³/mol. The van der Waals surface area contributed by atoms with Crippen LogP contribution in [-0.2, 0) is 15.6 Å². The SMILES string of the molecule is CC(C(=O)O)C(C)S(=O)C1CCCCC1. The fourth-order valence-electron chi connectivity index (χ4n) is 2.00. The molecule has 1 fully saturated rings. The fraction of sp³-hybridized carbons (Fsp3) is 0.909. The smallest absolute Gasteiger partial charge is 0.307 e. The fourth-order valence-corrected chi connectivity index (χ4v) is 3.93. The Bertz CT molecular complexity index is 246. The number of carbonyl (C=O) groups is 1. The van der Waals surface area contributed by atoms with Crippen molar-refractivity contribution in [2.24, 2.45) is 5.92 Å². The summed E-state index contributed by atoms with van der Waals surface area (Å²) in [5.74, 6) is -1.35. The molecule has 1 saturated carbocycles. The summed E-state index contributed by atoms with van der Waals surface area (Å²) >= 11 is 0. The van der Waals surface area contributed by atoms with Crippen LogP contribution in [0.25, 0.3) is 0 Å². The molecule has 88 valence electrons. The van der Waals surface area contributed by atoms with Gasteiger partial charge in [0, 0.05) is 21.3 Å². The van der Waals surface area contributed by atoms with Gasteiger partial charge >= 0.3 is 5.97 Å². The molecule has 0 saturated heterocycles. The summed E-state index contributed by atoms with van der Waals surface area (Å²) in [5, 5.41) is 8.87. The number of carboxylic acid groups (broad SMARTS) is 1. The molecule has 1 aliphatic carbocycles. The lowest BCUT2D eigenvalue weighted by Gasteiger charge is -2.25. The minimum Gasteiger partial charge on any atom is -0.481 e. The molecule has 1 aliphatic rings. The van der Waals surface area contributed by atoms with E-state index in [1.54, 1.807) is 13.8 Å². The Morgan fingerprint density at radius 1 is 1.27 bits per heavy atom. The first-order valence-corrected chi connectivity index (χ1v) is 6.94. The molecule has 3 unspecified atom stereocenters. The van der Waals surface area contributed by atoms with Gasteiger partial charge in [-0.05, 0) is 19.8 Å². The molecule has 1 rings (SSSR count). The van der Waals surface area contributed by atoms with Crippen LogP contribution < -0.4 is 0 Å². The molecule has 0 spiro atoms. The first kappa shape index (κ1) is 12.7. The molecule has 0 aromatic rings. The molecule has 0 aromatic carbocycles. The Kier molecular flexibility index (Phi) is 4.77. The summed E-state index contributed by atoms with van der Waals surface area (Å²) in [6, 6.07) is 0. The second kappa shape index (κ2) is 5.64. The van der Waals surface area contributed by atoms with Crippen molar-refractivity contribution < 1.29 is 14.1 Å². The molecule has 0 amide bonds. The Morgan fingerprint density at radius 3 is 2.27 bits per heavy atom. The van der Waals surface area contributed by atoms with Crippen LogP contribution >= 0.6 is 0 Å². The van der Waals surface area contributed by atoms with Crippen LogP contribution in [0.1, 0.15) is 46.0 Å². The van der Waals surface area contributed by atoms with E-state index in [1.807, 2.05) is 0 Å². The highest BCUT2D eigenvalue weighted by atomic mass is 32.2. The lowest BCUT2D eigenvalue weighted by atomic mass is 10.0. The van der Waals surface area contributed by atoms with Gasteiger partial charge in [-0.15, -0.1) is 0 Å². The summed E-state index contributed by atoms with van der Waals surface area (Å²) in [4.78, 5) is 10.8. The van der Waals surface area contributed by atoms with E-state index in [-0.39, 0.29) is 10.5 Å². The van der Waals surface area contributed by atoms with Crippen molar-refractivity contribution in [2.75, 3.05) is 0 Å². The maximum Gasteiger partial charge on any atom is 0.307 e. The van der Waals surface area contributed by atoms with Gasteiger partial charge in [0.05, 0.1) is 5.92 Å². The van der Waals surface area contributed by atoms with Crippen molar-refractivity contribution >= 4 is 16.8 Å². The third kappa shape index (κ3) is 3.30. The molecule has 0 heterocycles. The summed E-state index contributed by atoms with van der Waals surface area (Å²) in [6.45, 7) is 3.44. The van der Waals surface area contributed by atoms with Gasteiger partial charge in [-0.2, -0.15) is 0 Å². The molecule has 3 atom stereocenters. The number of aliphatic carboxylic acids is 1. The lowest BCUT2D eigenvalue weighted by molar-refractivity contribution is -0.141. The van der Waals surface area contributed by atoms with Crippen LogP contribution in [-0.4, -0.2) is 25.8 Å². The Hall–Kier alpha value is -0.380. The van der Waals surface area contributed by atoms with Crippen LogP contribution in [0.5, 0.6) is 0 Å². The number of rotatable bonds is 4. The van der Waals surface area contributed by atoms with Crippen LogP contribution in [0.15, 0.2) is 0 Å². The van der Waals surface area contributed by atoms with Crippen molar-refractivity contribution in [1.82, 2.24) is 0 Å². The molecule has 0 radical (unpaired) electrons. The highest BCUT2D eigenvalue weighted by Crippen LogP contribution is 2.25. The minimum absolute atomic E-state index is 0.231. The Morgan fingerprint density at radius 2 is 1.80 bits per heavy atom. The van der Waals surface area contributed by atoms with Crippen molar-refractivity contribution in [3.63, 3.8) is 0 Å². The van der Waals surface area contributed by atoms with E-state index in [0.717, 1.165) is 25.7 Å². The molecule has 4 heteroatoms. The topological polar surface area (TPSA) is 54.4 Å². The zero-order valence-electron chi connectivity index (χ0n) is 9.44. The third-order valence-corrected chi connectivity index (χ3v) is 5.61.